The molecule has 0 unspecified atom stereocenters. The Bertz CT molecular complexity index is 570. The minimum Gasteiger partial charge on any atom is -0.471 e. The van der Waals surface area contributed by atoms with Gasteiger partial charge in [-0.05, 0) is 38.3 Å². The van der Waals surface area contributed by atoms with E-state index in [1.165, 1.54) is 0 Å². The third-order valence-electron chi connectivity index (χ3n) is 3.47. The Hall–Kier alpha value is -1.68. The highest BCUT2D eigenvalue weighted by Gasteiger charge is 2.26. The van der Waals surface area contributed by atoms with Crippen molar-refractivity contribution >= 4 is 11.0 Å². The van der Waals surface area contributed by atoms with Gasteiger partial charge >= 0.3 is 0 Å². The van der Waals surface area contributed by atoms with Gasteiger partial charge in [0.15, 0.2) is 0 Å². The maximum Gasteiger partial charge on any atom is 0.236 e. The van der Waals surface area contributed by atoms with E-state index in [1.54, 1.807) is 0 Å². The molecular formula is C14H17N3O. The molecule has 3 rings (SSSR count). The van der Waals surface area contributed by atoms with Crippen LogP contribution in [0.5, 0.6) is 5.88 Å². The summed E-state index contributed by atoms with van der Waals surface area (Å²) in [5.74, 6) is 0.621. The van der Waals surface area contributed by atoms with E-state index in [0.29, 0.717) is 5.88 Å². The number of ether oxygens (including phenoxy) is 1. The fraction of sp³-hybridized carbons (Fsp3) is 0.429. The van der Waals surface area contributed by atoms with Gasteiger partial charge in [0.25, 0.3) is 0 Å². The van der Waals surface area contributed by atoms with Crippen LogP contribution in [0, 0.1) is 6.92 Å². The largest absolute Gasteiger partial charge is 0.471 e. The Kier molecular flexibility index (Phi) is 2.88. The van der Waals surface area contributed by atoms with Crippen LogP contribution in [-0.2, 0) is 0 Å². The molecular weight excluding hydrogens is 226 g/mol. The lowest BCUT2D eigenvalue weighted by Crippen LogP contribution is -2.34. The zero-order chi connectivity index (χ0) is 12.5. The molecule has 0 spiro atoms. The Labute approximate surface area is 106 Å². The van der Waals surface area contributed by atoms with E-state index in [0.717, 1.165) is 36.0 Å². The van der Waals surface area contributed by atoms with Crippen molar-refractivity contribution in [1.29, 1.82) is 0 Å². The summed E-state index contributed by atoms with van der Waals surface area (Å²) >= 11 is 0. The number of hydrogen-bond donors (Lipinski definition) is 1. The van der Waals surface area contributed by atoms with Gasteiger partial charge in [-0.3, -0.25) is 0 Å². The zero-order valence-corrected chi connectivity index (χ0v) is 10.5. The van der Waals surface area contributed by atoms with Gasteiger partial charge < -0.3 is 10.5 Å². The van der Waals surface area contributed by atoms with Gasteiger partial charge in [0, 0.05) is 6.04 Å². The molecule has 4 heteroatoms. The third-order valence-corrected chi connectivity index (χ3v) is 3.47. The van der Waals surface area contributed by atoms with Crippen molar-refractivity contribution in [2.45, 2.75) is 38.3 Å². The number of hydrogen-bond acceptors (Lipinski definition) is 4. The molecule has 2 aromatic rings. The SMILES string of the molecule is Cc1nc2ccccc2nc1O[C@@H]1CCC[C@H]1N. The average Bonchev–Trinajstić information content (AvgIpc) is 2.76. The van der Waals surface area contributed by atoms with Crippen LogP contribution in [0.15, 0.2) is 24.3 Å². The molecule has 1 aliphatic rings. The molecule has 0 saturated heterocycles. The second-order valence-corrected chi connectivity index (χ2v) is 4.85. The molecule has 94 valence electrons. The van der Waals surface area contributed by atoms with Crippen LogP contribution in [0.4, 0.5) is 0 Å². The highest BCUT2D eigenvalue weighted by atomic mass is 16.5. The van der Waals surface area contributed by atoms with Crippen molar-refractivity contribution in [2.75, 3.05) is 0 Å². The second-order valence-electron chi connectivity index (χ2n) is 4.85. The van der Waals surface area contributed by atoms with Gasteiger partial charge in [-0.1, -0.05) is 12.1 Å². The van der Waals surface area contributed by atoms with Gasteiger partial charge in [-0.15, -0.1) is 0 Å². The van der Waals surface area contributed by atoms with Crippen LogP contribution in [-0.4, -0.2) is 22.1 Å². The van der Waals surface area contributed by atoms with Gasteiger partial charge in [-0.2, -0.15) is 0 Å². The number of aromatic nitrogens is 2. The quantitative estimate of drug-likeness (QED) is 0.878. The molecule has 0 amide bonds. The van der Waals surface area contributed by atoms with Crippen molar-refractivity contribution in [2.24, 2.45) is 5.73 Å². The summed E-state index contributed by atoms with van der Waals surface area (Å²) in [6.45, 7) is 1.93. The predicted molar refractivity (Wildman–Crippen MR) is 70.5 cm³/mol. The van der Waals surface area contributed by atoms with Crippen molar-refractivity contribution in [1.82, 2.24) is 9.97 Å². The summed E-state index contributed by atoms with van der Waals surface area (Å²) in [7, 11) is 0. The van der Waals surface area contributed by atoms with E-state index in [1.807, 2.05) is 31.2 Å². The molecule has 0 aliphatic heterocycles. The van der Waals surface area contributed by atoms with E-state index in [4.69, 9.17) is 10.5 Å². The Morgan fingerprint density at radius 1 is 1.17 bits per heavy atom. The Morgan fingerprint density at radius 3 is 2.56 bits per heavy atom. The van der Waals surface area contributed by atoms with E-state index < -0.39 is 0 Å². The zero-order valence-electron chi connectivity index (χ0n) is 10.5. The molecule has 1 aromatic carbocycles. The van der Waals surface area contributed by atoms with E-state index in [9.17, 15) is 0 Å². The average molecular weight is 243 g/mol. The molecule has 1 aliphatic carbocycles. The van der Waals surface area contributed by atoms with Crippen molar-refractivity contribution in [3.8, 4) is 5.88 Å². The molecule has 4 nitrogen and oxygen atoms in total. The van der Waals surface area contributed by atoms with Crippen LogP contribution >= 0.6 is 0 Å². The highest BCUT2D eigenvalue weighted by molar-refractivity contribution is 5.74. The molecule has 2 N–H and O–H groups in total. The minimum atomic E-state index is 0.0826. The normalized spacial score (nSPS) is 23.4. The Morgan fingerprint density at radius 2 is 1.89 bits per heavy atom. The maximum atomic E-state index is 6.02. The lowest BCUT2D eigenvalue weighted by molar-refractivity contribution is 0.182. The molecule has 1 fully saturated rings. The van der Waals surface area contributed by atoms with Gasteiger partial charge in [-0.25, -0.2) is 9.97 Å². The molecule has 1 saturated carbocycles. The summed E-state index contributed by atoms with van der Waals surface area (Å²) < 4.78 is 5.93. The third kappa shape index (κ3) is 2.04. The number of nitrogens with zero attached hydrogens (tertiary/aromatic N) is 2. The number of benzene rings is 1. The van der Waals surface area contributed by atoms with Gasteiger partial charge in [0.1, 0.15) is 11.8 Å². The predicted octanol–water partition coefficient (Wildman–Crippen LogP) is 2.20. The summed E-state index contributed by atoms with van der Waals surface area (Å²) in [5, 5.41) is 0. The van der Waals surface area contributed by atoms with Crippen LogP contribution in [0.25, 0.3) is 11.0 Å². The first-order chi connectivity index (χ1) is 8.74. The molecule has 2 atom stereocenters. The van der Waals surface area contributed by atoms with Crippen molar-refractivity contribution < 1.29 is 4.74 Å². The Balaban J connectivity index is 1.93. The molecule has 18 heavy (non-hydrogen) atoms. The number of fused-ring (bicyclic) bond motifs is 1. The number of aryl methyl sites for hydroxylation is 1. The summed E-state index contributed by atoms with van der Waals surface area (Å²) in [5.41, 5.74) is 8.61. The monoisotopic (exact) mass is 243 g/mol. The van der Waals surface area contributed by atoms with E-state index in [-0.39, 0.29) is 12.1 Å². The molecule has 0 bridgehead atoms. The first-order valence-electron chi connectivity index (χ1n) is 6.39. The molecule has 1 aromatic heterocycles. The highest BCUT2D eigenvalue weighted by Crippen LogP contribution is 2.25. The summed E-state index contributed by atoms with van der Waals surface area (Å²) in [6.07, 6.45) is 3.25. The second kappa shape index (κ2) is 4.53. The lowest BCUT2D eigenvalue weighted by atomic mass is 10.2. The molecule has 1 heterocycles. The van der Waals surface area contributed by atoms with Crippen molar-refractivity contribution in [3.63, 3.8) is 0 Å². The first kappa shape index (κ1) is 11.4. The van der Waals surface area contributed by atoms with Crippen LogP contribution in [0.2, 0.25) is 0 Å². The van der Waals surface area contributed by atoms with Crippen molar-refractivity contribution in [3.05, 3.63) is 30.0 Å². The minimum absolute atomic E-state index is 0.0826. The fourth-order valence-corrected chi connectivity index (χ4v) is 2.43. The van der Waals surface area contributed by atoms with E-state index in [2.05, 4.69) is 9.97 Å². The summed E-state index contributed by atoms with van der Waals surface area (Å²) in [6, 6.07) is 7.95. The lowest BCUT2D eigenvalue weighted by Gasteiger charge is -2.18. The standard InChI is InChI=1S/C14H17N3O/c1-9-14(18-13-8-4-5-10(13)15)17-12-7-3-2-6-11(12)16-9/h2-3,6-7,10,13H,4-5,8,15H2,1H3/t10-,13-/m1/s1. The van der Waals surface area contributed by atoms with Gasteiger partial charge in [0.05, 0.1) is 11.0 Å². The number of para-hydroxylation sites is 2. The topological polar surface area (TPSA) is 61.0 Å². The van der Waals surface area contributed by atoms with Crippen LogP contribution < -0.4 is 10.5 Å². The maximum absolute atomic E-state index is 6.02. The number of nitrogens with two attached hydrogens (primary N) is 1. The number of rotatable bonds is 2. The molecule has 0 radical (unpaired) electrons. The first-order valence-corrected chi connectivity index (χ1v) is 6.39. The van der Waals surface area contributed by atoms with Crippen LogP contribution in [0.1, 0.15) is 25.0 Å². The van der Waals surface area contributed by atoms with Gasteiger partial charge in [0.2, 0.25) is 5.88 Å². The van der Waals surface area contributed by atoms with E-state index >= 15 is 0 Å². The summed E-state index contributed by atoms with van der Waals surface area (Å²) in [4.78, 5) is 9.05. The smallest absolute Gasteiger partial charge is 0.236 e. The fourth-order valence-electron chi connectivity index (χ4n) is 2.43. The van der Waals surface area contributed by atoms with Crippen LogP contribution in [0.3, 0.4) is 0 Å².